The molecule has 2 aromatic carbocycles. The van der Waals surface area contributed by atoms with E-state index in [0.29, 0.717) is 16.2 Å². The van der Waals surface area contributed by atoms with E-state index in [0.717, 1.165) is 20.5 Å². The molecule has 224 valence electrons. The Hall–Kier alpha value is -2.97. The molecule has 0 aliphatic rings. The van der Waals surface area contributed by atoms with Crippen molar-refractivity contribution in [1.29, 1.82) is 0 Å². The zero-order chi connectivity index (χ0) is 31.5. The summed E-state index contributed by atoms with van der Waals surface area (Å²) < 4.78 is 47.8. The SMILES string of the molecule is Cc1ccc(S(=O)(=O)Cl)cc1.Cc1ccc(S(=O)(=O)n2ccc3c(Cl)nc(Cl)nc32)cc1.Clc1nc(Cl)c2cc[nH]c2n1. The van der Waals surface area contributed by atoms with E-state index in [1.165, 1.54) is 18.3 Å². The molecular weight excluding hydrogens is 702 g/mol. The normalized spacial score (nSPS) is 11.5. The van der Waals surface area contributed by atoms with Crippen LogP contribution in [0.1, 0.15) is 11.1 Å². The topological polar surface area (TPSA) is 141 Å². The number of H-pyrrole nitrogens is 1. The second kappa shape index (κ2) is 13.3. The summed E-state index contributed by atoms with van der Waals surface area (Å²) in [6.45, 7) is 3.76. The van der Waals surface area contributed by atoms with Gasteiger partial charge in [-0.15, -0.1) is 0 Å². The highest BCUT2D eigenvalue weighted by atomic mass is 35.7. The Kier molecular flexibility index (Phi) is 10.2. The Morgan fingerprint density at radius 3 is 1.72 bits per heavy atom. The van der Waals surface area contributed by atoms with Gasteiger partial charge in [0, 0.05) is 23.1 Å². The predicted molar refractivity (Wildman–Crippen MR) is 169 cm³/mol. The summed E-state index contributed by atoms with van der Waals surface area (Å²) in [5.74, 6) is 0. The Labute approximate surface area is 271 Å². The number of fused-ring (bicyclic) bond motifs is 2. The summed E-state index contributed by atoms with van der Waals surface area (Å²) in [7, 11) is -2.23. The number of nitrogens with zero attached hydrogens (tertiary/aromatic N) is 5. The van der Waals surface area contributed by atoms with Gasteiger partial charge in [-0.2, -0.15) is 9.97 Å². The van der Waals surface area contributed by atoms with Crippen molar-refractivity contribution in [3.63, 3.8) is 0 Å². The fraction of sp³-hybridized carbons (Fsp3) is 0.0769. The maximum atomic E-state index is 12.7. The molecule has 0 unspecified atom stereocenters. The van der Waals surface area contributed by atoms with Gasteiger partial charge in [-0.25, -0.2) is 30.8 Å². The maximum Gasteiger partial charge on any atom is 0.269 e. The van der Waals surface area contributed by atoms with Crippen molar-refractivity contribution in [1.82, 2.24) is 28.9 Å². The van der Waals surface area contributed by atoms with Crippen LogP contribution in [0.2, 0.25) is 20.9 Å². The smallest absolute Gasteiger partial charge is 0.269 e. The molecule has 43 heavy (non-hydrogen) atoms. The van der Waals surface area contributed by atoms with Crippen LogP contribution in [-0.2, 0) is 19.1 Å². The first-order chi connectivity index (χ1) is 20.2. The Morgan fingerprint density at radius 2 is 1.16 bits per heavy atom. The highest BCUT2D eigenvalue weighted by Crippen LogP contribution is 2.26. The molecular formula is C26H19Cl5N6O4S2. The average molecular weight is 721 g/mol. The van der Waals surface area contributed by atoms with Crippen molar-refractivity contribution in [2.24, 2.45) is 0 Å². The standard InChI is InChI=1S/C13H9Cl2N3O2S.C7H7ClO2S.C6H3Cl2N3/c1-8-2-4-9(5-3-8)21(19,20)18-7-6-10-11(14)16-13(15)17-12(10)18;1-6-2-4-7(5-3-6)11(8,9)10;7-4-3-1-2-9-5(3)11-6(8)10-4/h2-7H,1H3;2-5H,1H3;1-2H,(H,9,10,11). The first kappa shape index (κ1) is 32.9. The average Bonchev–Trinajstić information content (AvgIpc) is 3.57. The molecule has 0 amide bonds. The second-order valence-electron chi connectivity index (χ2n) is 8.72. The zero-order valence-electron chi connectivity index (χ0n) is 22.0. The van der Waals surface area contributed by atoms with Crippen LogP contribution in [0.5, 0.6) is 0 Å². The lowest BCUT2D eigenvalue weighted by Gasteiger charge is -2.07. The van der Waals surface area contributed by atoms with E-state index in [9.17, 15) is 16.8 Å². The monoisotopic (exact) mass is 718 g/mol. The first-order valence-corrected chi connectivity index (χ1v) is 17.1. The van der Waals surface area contributed by atoms with Gasteiger partial charge >= 0.3 is 0 Å². The summed E-state index contributed by atoms with van der Waals surface area (Å²) >= 11 is 23.0. The molecule has 0 saturated carbocycles. The summed E-state index contributed by atoms with van der Waals surface area (Å²) in [4.78, 5) is 18.6. The molecule has 17 heteroatoms. The van der Waals surface area contributed by atoms with E-state index in [1.807, 2.05) is 13.8 Å². The van der Waals surface area contributed by atoms with Gasteiger partial charge in [0.25, 0.3) is 19.1 Å². The van der Waals surface area contributed by atoms with E-state index in [1.54, 1.807) is 54.7 Å². The van der Waals surface area contributed by atoms with E-state index < -0.39 is 19.1 Å². The number of halogens is 5. The molecule has 0 bridgehead atoms. The minimum Gasteiger partial charge on any atom is -0.346 e. The molecule has 0 saturated heterocycles. The van der Waals surface area contributed by atoms with Crippen molar-refractivity contribution in [3.8, 4) is 0 Å². The van der Waals surface area contributed by atoms with Gasteiger partial charge in [0.1, 0.15) is 16.0 Å². The minimum absolute atomic E-state index is 0.105. The van der Waals surface area contributed by atoms with Gasteiger partial charge in [0.2, 0.25) is 10.6 Å². The van der Waals surface area contributed by atoms with Crippen molar-refractivity contribution in [3.05, 3.63) is 105 Å². The maximum absolute atomic E-state index is 12.7. The summed E-state index contributed by atoms with van der Waals surface area (Å²) in [5.41, 5.74) is 2.80. The predicted octanol–water partition coefficient (Wildman–Crippen LogP) is 7.47. The van der Waals surface area contributed by atoms with Gasteiger partial charge in [-0.05, 0) is 73.4 Å². The number of hydrogen-bond acceptors (Lipinski definition) is 8. The lowest BCUT2D eigenvalue weighted by molar-refractivity contribution is 0.588. The largest absolute Gasteiger partial charge is 0.346 e. The van der Waals surface area contributed by atoms with Crippen molar-refractivity contribution < 1.29 is 16.8 Å². The van der Waals surface area contributed by atoms with Crippen LogP contribution in [0, 0.1) is 13.8 Å². The highest BCUT2D eigenvalue weighted by Gasteiger charge is 2.21. The van der Waals surface area contributed by atoms with Crippen molar-refractivity contribution >= 4 is 98.2 Å². The van der Waals surface area contributed by atoms with E-state index in [4.69, 9.17) is 57.1 Å². The molecule has 6 rings (SSSR count). The van der Waals surface area contributed by atoms with E-state index in [-0.39, 0.29) is 31.2 Å². The molecule has 0 aliphatic heterocycles. The molecule has 0 atom stereocenters. The van der Waals surface area contributed by atoms with Crippen LogP contribution in [0.3, 0.4) is 0 Å². The summed E-state index contributed by atoms with van der Waals surface area (Å²) in [5, 5.41) is 1.76. The first-order valence-electron chi connectivity index (χ1n) is 11.9. The third kappa shape index (κ3) is 7.95. The lowest BCUT2D eigenvalue weighted by Crippen LogP contribution is -2.12. The Bertz CT molecular complexity index is 2140. The van der Waals surface area contributed by atoms with Crippen LogP contribution in [0.25, 0.3) is 22.1 Å². The number of aryl methyl sites for hydroxylation is 2. The molecule has 0 aliphatic carbocycles. The van der Waals surface area contributed by atoms with Gasteiger partial charge in [0.05, 0.1) is 20.6 Å². The van der Waals surface area contributed by atoms with Crippen molar-refractivity contribution in [2.45, 2.75) is 23.6 Å². The molecule has 6 aromatic rings. The Balaban J connectivity index is 0.000000162. The number of aromatic nitrogens is 6. The fourth-order valence-electron chi connectivity index (χ4n) is 3.53. The quantitative estimate of drug-likeness (QED) is 0.113. The molecule has 10 nitrogen and oxygen atoms in total. The Morgan fingerprint density at radius 1 is 0.651 bits per heavy atom. The number of rotatable bonds is 3. The van der Waals surface area contributed by atoms with Gasteiger partial charge in [-0.3, -0.25) is 0 Å². The summed E-state index contributed by atoms with van der Waals surface area (Å²) in [6, 6.07) is 16.3. The van der Waals surface area contributed by atoms with Gasteiger partial charge in [-0.1, -0.05) is 58.6 Å². The molecule has 0 spiro atoms. The third-order valence-corrected chi connectivity index (χ3v) is 9.62. The number of nitrogens with one attached hydrogen (secondary N) is 1. The van der Waals surface area contributed by atoms with Crippen LogP contribution in [0.15, 0.2) is 82.8 Å². The molecule has 4 heterocycles. The van der Waals surface area contributed by atoms with E-state index in [2.05, 4.69) is 24.9 Å². The van der Waals surface area contributed by atoms with Crippen molar-refractivity contribution in [2.75, 3.05) is 0 Å². The number of hydrogen-bond donors (Lipinski definition) is 1. The highest BCUT2D eigenvalue weighted by molar-refractivity contribution is 8.13. The van der Waals surface area contributed by atoms with E-state index >= 15 is 0 Å². The summed E-state index contributed by atoms with van der Waals surface area (Å²) in [6.07, 6.45) is 3.12. The zero-order valence-corrected chi connectivity index (χ0v) is 27.4. The van der Waals surface area contributed by atoms with Crippen LogP contribution in [-0.4, -0.2) is 45.7 Å². The van der Waals surface area contributed by atoms with Gasteiger partial charge in [0.15, 0.2) is 5.65 Å². The molecule has 1 N–H and O–H groups in total. The van der Waals surface area contributed by atoms with Crippen LogP contribution < -0.4 is 0 Å². The molecule has 4 aromatic heterocycles. The third-order valence-electron chi connectivity index (χ3n) is 5.66. The lowest BCUT2D eigenvalue weighted by atomic mass is 10.2. The van der Waals surface area contributed by atoms with Crippen LogP contribution >= 0.6 is 57.1 Å². The van der Waals surface area contributed by atoms with Gasteiger partial charge < -0.3 is 4.98 Å². The fourth-order valence-corrected chi connectivity index (χ4v) is 6.47. The number of benzene rings is 2. The van der Waals surface area contributed by atoms with Crippen LogP contribution in [0.4, 0.5) is 0 Å². The molecule has 0 fully saturated rings. The number of aromatic amines is 1. The second-order valence-corrected chi connectivity index (χ2v) is 14.5. The minimum atomic E-state index is -3.76. The molecule has 0 radical (unpaired) electrons.